The summed E-state index contributed by atoms with van der Waals surface area (Å²) in [6, 6.07) is 20.9. The highest BCUT2D eigenvalue weighted by Crippen LogP contribution is 2.32. The van der Waals surface area contributed by atoms with Crippen LogP contribution in [0, 0.1) is 10.1 Å². The van der Waals surface area contributed by atoms with Crippen molar-refractivity contribution in [3.05, 3.63) is 122 Å². The van der Waals surface area contributed by atoms with Crippen LogP contribution in [0.25, 0.3) is 0 Å². The first-order valence-electron chi connectivity index (χ1n) is 12.2. The lowest BCUT2D eigenvalue weighted by Gasteiger charge is -2.09. The molecular formula is C29H19BrN4O8. The Morgan fingerprint density at radius 1 is 0.881 bits per heavy atom. The van der Waals surface area contributed by atoms with Gasteiger partial charge in [0, 0.05) is 39.0 Å². The number of non-ortho nitro benzene ring substituents is 1. The summed E-state index contributed by atoms with van der Waals surface area (Å²) in [6.07, 6.45) is 1.30. The molecule has 210 valence electrons. The molecule has 0 fully saturated rings. The number of nitro benzene ring substituents is 1. The number of anilines is 1. The van der Waals surface area contributed by atoms with Gasteiger partial charge in [-0.3, -0.25) is 19.7 Å². The molecule has 13 heteroatoms. The van der Waals surface area contributed by atoms with E-state index in [4.69, 9.17) is 14.2 Å². The largest absolute Gasteiger partial charge is 0.454 e. The minimum atomic E-state index is -0.731. The van der Waals surface area contributed by atoms with E-state index in [0.29, 0.717) is 32.8 Å². The van der Waals surface area contributed by atoms with E-state index in [9.17, 15) is 24.5 Å². The highest BCUT2D eigenvalue weighted by molar-refractivity contribution is 9.10. The summed E-state index contributed by atoms with van der Waals surface area (Å²) in [4.78, 5) is 48.3. The number of nitro groups is 1. The molecule has 1 aliphatic rings. The topological polar surface area (TPSA) is 158 Å². The number of nitrogens with zero attached hydrogens (tertiary/aromatic N) is 2. The lowest BCUT2D eigenvalue weighted by Crippen LogP contribution is -2.18. The number of rotatable bonds is 8. The molecule has 42 heavy (non-hydrogen) atoms. The van der Waals surface area contributed by atoms with Crippen LogP contribution in [0.5, 0.6) is 17.2 Å². The first-order valence-corrected chi connectivity index (χ1v) is 13.0. The van der Waals surface area contributed by atoms with E-state index in [-0.39, 0.29) is 29.4 Å². The molecule has 0 saturated heterocycles. The second-order valence-electron chi connectivity index (χ2n) is 8.68. The van der Waals surface area contributed by atoms with Crippen LogP contribution in [0.2, 0.25) is 0 Å². The number of hydrogen-bond acceptors (Lipinski definition) is 9. The third-order valence-corrected chi connectivity index (χ3v) is 6.37. The van der Waals surface area contributed by atoms with Gasteiger partial charge in [0.1, 0.15) is 5.75 Å². The number of hydrazone groups is 1. The molecule has 2 N–H and O–H groups in total. The van der Waals surface area contributed by atoms with E-state index in [1.807, 2.05) is 0 Å². The summed E-state index contributed by atoms with van der Waals surface area (Å²) in [5.74, 6) is -0.496. The summed E-state index contributed by atoms with van der Waals surface area (Å²) in [7, 11) is 0. The molecular weight excluding hydrogens is 612 g/mol. The predicted octanol–water partition coefficient (Wildman–Crippen LogP) is 5.32. The Hall–Kier alpha value is -5.56. The van der Waals surface area contributed by atoms with Crippen LogP contribution >= 0.6 is 15.9 Å². The summed E-state index contributed by atoms with van der Waals surface area (Å²) < 4.78 is 16.7. The molecule has 0 unspecified atom stereocenters. The minimum absolute atomic E-state index is 0.0935. The molecule has 0 spiro atoms. The van der Waals surface area contributed by atoms with Gasteiger partial charge >= 0.3 is 5.97 Å². The summed E-state index contributed by atoms with van der Waals surface area (Å²) in [6.45, 7) is 0.0935. The van der Waals surface area contributed by atoms with Gasteiger partial charge in [0.2, 0.25) is 6.79 Å². The zero-order chi connectivity index (χ0) is 29.6. The third-order valence-electron chi connectivity index (χ3n) is 5.88. The molecule has 0 bridgehead atoms. The van der Waals surface area contributed by atoms with Crippen molar-refractivity contribution in [1.29, 1.82) is 0 Å². The van der Waals surface area contributed by atoms with E-state index in [0.717, 1.165) is 0 Å². The Balaban J connectivity index is 1.23. The first-order chi connectivity index (χ1) is 20.3. The van der Waals surface area contributed by atoms with Crippen molar-refractivity contribution in [2.45, 2.75) is 0 Å². The summed E-state index contributed by atoms with van der Waals surface area (Å²) in [5, 5.41) is 17.6. The first kappa shape index (κ1) is 28.0. The second kappa shape index (κ2) is 12.3. The van der Waals surface area contributed by atoms with Crippen molar-refractivity contribution in [1.82, 2.24) is 5.43 Å². The number of carbonyl (C=O) groups is 3. The molecule has 1 heterocycles. The number of esters is 1. The fourth-order valence-electron chi connectivity index (χ4n) is 3.80. The molecule has 4 aromatic rings. The van der Waals surface area contributed by atoms with Crippen molar-refractivity contribution >= 4 is 51.3 Å². The number of carbonyl (C=O) groups excluding carboxylic acids is 3. The van der Waals surface area contributed by atoms with Gasteiger partial charge in [-0.15, -0.1) is 0 Å². The SMILES string of the molecule is O=C(NN=Cc1cc(Br)ccc1OC(=O)c1ccc([N+](=O)[O-])cc1)c1cccc(NC(=O)c2ccc3c(c2)OCO3)c1. The fourth-order valence-corrected chi connectivity index (χ4v) is 4.17. The molecule has 12 nitrogen and oxygen atoms in total. The second-order valence-corrected chi connectivity index (χ2v) is 9.59. The number of nitrogens with one attached hydrogen (secondary N) is 2. The number of fused-ring (bicyclic) bond motifs is 1. The Labute approximate surface area is 246 Å². The fraction of sp³-hybridized carbons (Fsp3) is 0.0345. The molecule has 5 rings (SSSR count). The van der Waals surface area contributed by atoms with E-state index in [1.54, 1.807) is 48.5 Å². The molecule has 0 radical (unpaired) electrons. The monoisotopic (exact) mass is 630 g/mol. The standard InChI is InChI=1S/C29H19BrN4O8/c30-21-7-11-24(42-29(37)17-4-8-23(9-5-17)34(38)39)20(12-21)15-31-33-28(36)18-2-1-3-22(13-18)32-27(35)19-6-10-25-26(14-19)41-16-40-25/h1-15H,16H2,(H,32,35)(H,33,36). The lowest BCUT2D eigenvalue weighted by molar-refractivity contribution is -0.384. The molecule has 4 aromatic carbocycles. The summed E-state index contributed by atoms with van der Waals surface area (Å²) in [5.41, 5.74) is 3.71. The maximum atomic E-state index is 12.8. The zero-order valence-corrected chi connectivity index (χ0v) is 23.0. The van der Waals surface area contributed by atoms with Crippen molar-refractivity contribution < 1.29 is 33.5 Å². The quantitative estimate of drug-likeness (QED) is 0.0870. The maximum Gasteiger partial charge on any atom is 0.343 e. The third kappa shape index (κ3) is 6.59. The van der Waals surface area contributed by atoms with Crippen LogP contribution in [-0.4, -0.2) is 35.7 Å². The van der Waals surface area contributed by atoms with Crippen LogP contribution in [0.4, 0.5) is 11.4 Å². The number of benzene rings is 4. The molecule has 0 aromatic heterocycles. The van der Waals surface area contributed by atoms with Gasteiger partial charge in [0.15, 0.2) is 11.5 Å². The molecule has 0 aliphatic carbocycles. The van der Waals surface area contributed by atoms with Gasteiger partial charge in [0.05, 0.1) is 16.7 Å². The van der Waals surface area contributed by atoms with Crippen LogP contribution in [0.3, 0.4) is 0 Å². The predicted molar refractivity (Wildman–Crippen MR) is 154 cm³/mol. The molecule has 0 saturated carbocycles. The van der Waals surface area contributed by atoms with Crippen LogP contribution < -0.4 is 25.0 Å². The zero-order valence-electron chi connectivity index (χ0n) is 21.4. The number of ether oxygens (including phenoxy) is 3. The number of hydrogen-bond donors (Lipinski definition) is 2. The Morgan fingerprint density at radius 3 is 2.40 bits per heavy atom. The Bertz CT molecular complexity index is 1740. The van der Waals surface area contributed by atoms with Gasteiger partial charge in [-0.1, -0.05) is 22.0 Å². The van der Waals surface area contributed by atoms with Crippen LogP contribution in [-0.2, 0) is 0 Å². The Morgan fingerprint density at radius 2 is 1.62 bits per heavy atom. The van der Waals surface area contributed by atoms with Gasteiger partial charge in [-0.05, 0) is 66.7 Å². The Kier molecular flexibility index (Phi) is 8.20. The normalized spacial score (nSPS) is 11.6. The van der Waals surface area contributed by atoms with Gasteiger partial charge in [-0.2, -0.15) is 5.10 Å². The highest BCUT2D eigenvalue weighted by Gasteiger charge is 2.17. The van der Waals surface area contributed by atoms with E-state index in [1.165, 1.54) is 42.6 Å². The van der Waals surface area contributed by atoms with Crippen molar-refractivity contribution in [3.8, 4) is 17.2 Å². The minimum Gasteiger partial charge on any atom is -0.454 e. The number of halogens is 1. The smallest absolute Gasteiger partial charge is 0.343 e. The van der Waals surface area contributed by atoms with Crippen LogP contribution in [0.1, 0.15) is 36.6 Å². The van der Waals surface area contributed by atoms with Crippen molar-refractivity contribution in [2.75, 3.05) is 12.1 Å². The van der Waals surface area contributed by atoms with Crippen LogP contribution in [0.15, 0.2) is 94.5 Å². The van der Waals surface area contributed by atoms with E-state index in [2.05, 4.69) is 31.8 Å². The van der Waals surface area contributed by atoms with Gasteiger partial charge in [0.25, 0.3) is 17.5 Å². The molecule has 0 atom stereocenters. The number of amides is 2. The van der Waals surface area contributed by atoms with Crippen molar-refractivity contribution in [3.63, 3.8) is 0 Å². The van der Waals surface area contributed by atoms with Gasteiger partial charge in [-0.25, -0.2) is 10.2 Å². The van der Waals surface area contributed by atoms with E-state index < -0.39 is 22.7 Å². The molecule has 2 amide bonds. The van der Waals surface area contributed by atoms with Gasteiger partial charge < -0.3 is 19.5 Å². The molecule has 1 aliphatic heterocycles. The average Bonchev–Trinajstić information content (AvgIpc) is 3.46. The maximum absolute atomic E-state index is 12.8. The van der Waals surface area contributed by atoms with E-state index >= 15 is 0 Å². The average molecular weight is 631 g/mol. The lowest BCUT2D eigenvalue weighted by atomic mass is 10.1. The van der Waals surface area contributed by atoms with Crippen molar-refractivity contribution in [2.24, 2.45) is 5.10 Å². The highest BCUT2D eigenvalue weighted by atomic mass is 79.9. The summed E-state index contributed by atoms with van der Waals surface area (Å²) >= 11 is 3.34.